The number of hydrogen-bond donors (Lipinski definition) is 3. The first-order chi connectivity index (χ1) is 16.1. The molecule has 4 aromatic rings. The summed E-state index contributed by atoms with van der Waals surface area (Å²) in [5.74, 6) is -1.70. The van der Waals surface area contributed by atoms with Crippen LogP contribution in [-0.4, -0.2) is 41.7 Å². The van der Waals surface area contributed by atoms with Crippen molar-refractivity contribution in [1.29, 1.82) is 0 Å². The average molecular weight is 474 g/mol. The Balaban J connectivity index is 1.71. The number of aromatic nitrogens is 5. The van der Waals surface area contributed by atoms with E-state index in [9.17, 15) is 27.6 Å². The molecule has 3 aromatic heterocycles. The standard InChI is InChI=1S/C20H13F3N6O5/c21-20(22,23)11-7-12-13(27-16(18(31)32)17(30)28-12)8-14(11)29-6-5-25-15(29)9-34-19(33)26-10-1-3-24-4-2-10/h1-8H,9H2,(H,28,30)(H,31,32)(H,24,26,33). The van der Waals surface area contributed by atoms with E-state index in [1.54, 1.807) is 0 Å². The number of carboxylic acids is 1. The van der Waals surface area contributed by atoms with Crippen LogP contribution in [-0.2, 0) is 17.5 Å². The van der Waals surface area contributed by atoms with Crippen LogP contribution in [0.4, 0.5) is 23.7 Å². The molecule has 1 aromatic carbocycles. The Hall–Kier alpha value is -4.75. The number of carboxylic acid groups (broad SMARTS) is 1. The lowest BCUT2D eigenvalue weighted by Crippen LogP contribution is -2.21. The number of anilines is 1. The number of carbonyl (C=O) groups excluding carboxylic acids is 1. The van der Waals surface area contributed by atoms with Crippen molar-refractivity contribution in [2.24, 2.45) is 0 Å². The number of imidazole rings is 1. The quantitative estimate of drug-likeness (QED) is 0.399. The third kappa shape index (κ3) is 4.55. The largest absolute Gasteiger partial charge is 0.476 e. The molecule has 0 atom stereocenters. The Morgan fingerprint density at radius 2 is 1.91 bits per heavy atom. The topological polar surface area (TPSA) is 152 Å². The van der Waals surface area contributed by atoms with E-state index < -0.39 is 47.3 Å². The Bertz CT molecular complexity index is 1450. The molecule has 0 aliphatic heterocycles. The molecule has 14 heteroatoms. The third-order valence-electron chi connectivity index (χ3n) is 4.55. The van der Waals surface area contributed by atoms with E-state index in [4.69, 9.17) is 9.84 Å². The van der Waals surface area contributed by atoms with Gasteiger partial charge in [-0.3, -0.25) is 15.1 Å². The van der Waals surface area contributed by atoms with Gasteiger partial charge in [0.05, 0.1) is 22.3 Å². The minimum Gasteiger partial charge on any atom is -0.476 e. The number of nitrogens with one attached hydrogen (secondary N) is 2. The molecule has 11 nitrogen and oxygen atoms in total. The molecule has 4 rings (SSSR count). The summed E-state index contributed by atoms with van der Waals surface area (Å²) in [6.07, 6.45) is -0.435. The lowest BCUT2D eigenvalue weighted by atomic mass is 10.1. The van der Waals surface area contributed by atoms with Gasteiger partial charge in [0.15, 0.2) is 12.4 Å². The summed E-state index contributed by atoms with van der Waals surface area (Å²) >= 11 is 0. The summed E-state index contributed by atoms with van der Waals surface area (Å²) in [7, 11) is 0. The summed E-state index contributed by atoms with van der Waals surface area (Å²) < 4.78 is 47.5. The smallest absolute Gasteiger partial charge is 0.418 e. The van der Waals surface area contributed by atoms with Gasteiger partial charge < -0.3 is 19.4 Å². The highest BCUT2D eigenvalue weighted by atomic mass is 19.4. The van der Waals surface area contributed by atoms with Crippen molar-refractivity contribution in [3.8, 4) is 5.69 Å². The number of aromatic carboxylic acids is 1. The van der Waals surface area contributed by atoms with E-state index in [0.717, 1.165) is 10.6 Å². The van der Waals surface area contributed by atoms with Gasteiger partial charge in [-0.2, -0.15) is 13.2 Å². The van der Waals surface area contributed by atoms with Gasteiger partial charge in [0.25, 0.3) is 5.56 Å². The Morgan fingerprint density at radius 3 is 2.59 bits per heavy atom. The zero-order chi connectivity index (χ0) is 24.5. The molecule has 0 saturated heterocycles. The van der Waals surface area contributed by atoms with Crippen LogP contribution < -0.4 is 10.9 Å². The highest BCUT2D eigenvalue weighted by Gasteiger charge is 2.35. The number of amides is 1. The molecule has 0 radical (unpaired) electrons. The molecule has 0 saturated carbocycles. The summed E-state index contributed by atoms with van der Waals surface area (Å²) in [6, 6.07) is 4.62. The normalized spacial score (nSPS) is 11.4. The Labute approximate surface area is 186 Å². The third-order valence-corrected chi connectivity index (χ3v) is 4.55. The highest BCUT2D eigenvalue weighted by Crippen LogP contribution is 2.36. The second-order valence-corrected chi connectivity index (χ2v) is 6.75. The maximum Gasteiger partial charge on any atom is 0.418 e. The highest BCUT2D eigenvalue weighted by molar-refractivity contribution is 5.88. The molecular weight excluding hydrogens is 461 g/mol. The van der Waals surface area contributed by atoms with Crippen LogP contribution in [0.2, 0.25) is 0 Å². The van der Waals surface area contributed by atoms with Crippen LogP contribution in [0.1, 0.15) is 21.9 Å². The van der Waals surface area contributed by atoms with Crippen molar-refractivity contribution in [1.82, 2.24) is 24.5 Å². The van der Waals surface area contributed by atoms with E-state index in [2.05, 4.69) is 25.3 Å². The van der Waals surface area contributed by atoms with E-state index in [0.29, 0.717) is 11.8 Å². The number of nitrogens with zero attached hydrogens (tertiary/aromatic N) is 4. The van der Waals surface area contributed by atoms with Crippen LogP contribution in [0.3, 0.4) is 0 Å². The maximum absolute atomic E-state index is 13.8. The van der Waals surface area contributed by atoms with Gasteiger partial charge in [-0.1, -0.05) is 0 Å². The number of pyridine rings is 1. The molecule has 0 aliphatic rings. The molecule has 0 spiro atoms. The Kier molecular flexibility index (Phi) is 5.71. The number of halogens is 3. The number of carbonyl (C=O) groups is 2. The molecule has 0 bridgehead atoms. The Morgan fingerprint density at radius 1 is 1.18 bits per heavy atom. The van der Waals surface area contributed by atoms with Crippen molar-refractivity contribution in [3.63, 3.8) is 0 Å². The summed E-state index contributed by atoms with van der Waals surface area (Å²) in [4.78, 5) is 48.6. The van der Waals surface area contributed by atoms with Gasteiger partial charge in [0, 0.05) is 30.5 Å². The first-order valence-electron chi connectivity index (χ1n) is 9.38. The lowest BCUT2D eigenvalue weighted by Gasteiger charge is -2.16. The van der Waals surface area contributed by atoms with Crippen molar-refractivity contribution < 1.29 is 32.6 Å². The van der Waals surface area contributed by atoms with Crippen LogP contribution in [0.15, 0.2) is 53.8 Å². The fourth-order valence-electron chi connectivity index (χ4n) is 3.07. The van der Waals surface area contributed by atoms with Crippen LogP contribution in [0.25, 0.3) is 16.7 Å². The van der Waals surface area contributed by atoms with Gasteiger partial charge in [-0.15, -0.1) is 0 Å². The first kappa shape index (κ1) is 22.4. The molecule has 3 N–H and O–H groups in total. The predicted molar refractivity (Wildman–Crippen MR) is 109 cm³/mol. The SMILES string of the molecule is O=C(Nc1ccncc1)OCc1nccn1-c1cc2nc(C(=O)O)c(=O)[nH]c2cc1C(F)(F)F. The van der Waals surface area contributed by atoms with E-state index >= 15 is 0 Å². The molecule has 1 amide bonds. The number of H-pyrrole nitrogens is 1. The molecule has 0 fully saturated rings. The van der Waals surface area contributed by atoms with Crippen molar-refractivity contribution >= 4 is 28.8 Å². The van der Waals surface area contributed by atoms with E-state index in [1.165, 1.54) is 36.9 Å². The minimum absolute atomic E-state index is 0.0578. The number of rotatable bonds is 5. The molecule has 174 valence electrons. The monoisotopic (exact) mass is 474 g/mol. The number of alkyl halides is 3. The second-order valence-electron chi connectivity index (χ2n) is 6.75. The summed E-state index contributed by atoms with van der Waals surface area (Å²) in [5.41, 5.74) is -3.73. The number of fused-ring (bicyclic) bond motifs is 1. The number of benzene rings is 1. The fourth-order valence-corrected chi connectivity index (χ4v) is 3.07. The molecule has 3 heterocycles. The van der Waals surface area contributed by atoms with Gasteiger partial charge in [-0.25, -0.2) is 19.6 Å². The van der Waals surface area contributed by atoms with Gasteiger partial charge in [-0.05, 0) is 24.3 Å². The minimum atomic E-state index is -4.85. The van der Waals surface area contributed by atoms with Crippen LogP contribution in [0.5, 0.6) is 0 Å². The zero-order valence-corrected chi connectivity index (χ0v) is 16.8. The molecular formula is C20H13F3N6O5. The van der Waals surface area contributed by atoms with Crippen LogP contribution in [0, 0.1) is 0 Å². The number of aromatic amines is 1. The first-order valence-corrected chi connectivity index (χ1v) is 9.38. The van der Waals surface area contributed by atoms with Crippen molar-refractivity contribution in [2.45, 2.75) is 12.8 Å². The van der Waals surface area contributed by atoms with Gasteiger partial charge >= 0.3 is 18.2 Å². The van der Waals surface area contributed by atoms with E-state index in [1.807, 2.05) is 0 Å². The second kappa shape index (κ2) is 8.65. The van der Waals surface area contributed by atoms with E-state index in [-0.39, 0.29) is 16.9 Å². The van der Waals surface area contributed by atoms with Crippen LogP contribution >= 0.6 is 0 Å². The summed E-state index contributed by atoms with van der Waals surface area (Å²) in [5, 5.41) is 11.5. The van der Waals surface area contributed by atoms with Gasteiger partial charge in [0.1, 0.15) is 0 Å². The predicted octanol–water partition coefficient (Wildman–Crippen LogP) is 2.97. The zero-order valence-electron chi connectivity index (χ0n) is 16.8. The van der Waals surface area contributed by atoms with Crippen molar-refractivity contribution in [2.75, 3.05) is 5.32 Å². The number of ether oxygens (including phenoxy) is 1. The molecule has 0 aliphatic carbocycles. The maximum atomic E-state index is 13.8. The molecule has 0 unspecified atom stereocenters. The summed E-state index contributed by atoms with van der Waals surface area (Å²) in [6.45, 7) is -0.487. The molecule has 34 heavy (non-hydrogen) atoms. The number of hydrogen-bond acceptors (Lipinski definition) is 7. The van der Waals surface area contributed by atoms with Crippen molar-refractivity contribution in [3.05, 3.63) is 76.5 Å². The lowest BCUT2D eigenvalue weighted by molar-refractivity contribution is -0.137. The fraction of sp³-hybridized carbons (Fsp3) is 0.100. The average Bonchev–Trinajstić information content (AvgIpc) is 3.25. The van der Waals surface area contributed by atoms with Gasteiger partial charge in [0.2, 0.25) is 5.69 Å².